The minimum atomic E-state index is -0.246. The third-order valence-corrected chi connectivity index (χ3v) is 3.19. The van der Waals surface area contributed by atoms with Gasteiger partial charge >= 0.3 is 0 Å². The predicted octanol–water partition coefficient (Wildman–Crippen LogP) is 1.89. The smallest absolute Gasteiger partial charge is 0.244 e. The Bertz CT molecular complexity index is 537. The Balaban J connectivity index is 1.74. The topological polar surface area (TPSA) is 64.7 Å². The molecule has 2 aromatic rings. The van der Waals surface area contributed by atoms with E-state index < -0.39 is 0 Å². The number of halogens is 1. The molecule has 2 heterocycles. The average Bonchev–Trinajstić information content (AvgIpc) is 3.08. The number of nitrogens with zero attached hydrogens (tertiary/aromatic N) is 4. The summed E-state index contributed by atoms with van der Waals surface area (Å²) in [5.74, 6) is -0.00491. The highest BCUT2D eigenvalue weighted by molar-refractivity contribution is 6.30. The van der Waals surface area contributed by atoms with Crippen molar-refractivity contribution in [3.05, 3.63) is 35.9 Å². The van der Waals surface area contributed by atoms with Gasteiger partial charge in [0.15, 0.2) is 0 Å². The first-order chi connectivity index (χ1) is 9.70. The Morgan fingerprint density at radius 3 is 2.95 bits per heavy atom. The quantitative estimate of drug-likeness (QED) is 0.793. The second-order valence-corrected chi connectivity index (χ2v) is 4.91. The number of rotatable bonds is 7. The lowest BCUT2D eigenvalue weighted by Crippen LogP contribution is -2.33. The van der Waals surface area contributed by atoms with Crippen molar-refractivity contribution in [3.8, 4) is 0 Å². The highest BCUT2D eigenvalue weighted by Crippen LogP contribution is 2.09. The number of amides is 1. The summed E-state index contributed by atoms with van der Waals surface area (Å²) in [6, 6.07) is 1.57. The van der Waals surface area contributed by atoms with Crippen molar-refractivity contribution in [1.29, 1.82) is 0 Å². The molecule has 0 aliphatic carbocycles. The summed E-state index contributed by atoms with van der Waals surface area (Å²) in [7, 11) is 0. The van der Waals surface area contributed by atoms with Gasteiger partial charge < -0.3 is 5.32 Å². The molecule has 0 fully saturated rings. The Morgan fingerprint density at radius 2 is 2.35 bits per heavy atom. The van der Waals surface area contributed by atoms with Gasteiger partial charge in [0.1, 0.15) is 6.04 Å². The zero-order valence-corrected chi connectivity index (χ0v) is 12.1. The van der Waals surface area contributed by atoms with Gasteiger partial charge in [-0.25, -0.2) is 0 Å². The van der Waals surface area contributed by atoms with Crippen LogP contribution in [-0.4, -0.2) is 32.0 Å². The van der Waals surface area contributed by atoms with Crippen molar-refractivity contribution >= 4 is 17.5 Å². The molecule has 0 bridgehead atoms. The summed E-state index contributed by atoms with van der Waals surface area (Å²) in [6.07, 6.45) is 8.37. The maximum absolute atomic E-state index is 12.1. The van der Waals surface area contributed by atoms with Gasteiger partial charge in [0.2, 0.25) is 5.91 Å². The van der Waals surface area contributed by atoms with Crippen LogP contribution in [-0.2, 0) is 11.3 Å². The molecule has 0 saturated heterocycles. The van der Waals surface area contributed by atoms with Gasteiger partial charge in [0.05, 0.1) is 11.2 Å². The first-order valence-corrected chi connectivity index (χ1v) is 7.03. The molecule has 1 N–H and O–H groups in total. The number of hydrogen-bond donors (Lipinski definition) is 1. The molecule has 2 rings (SSSR count). The van der Waals surface area contributed by atoms with E-state index in [-0.39, 0.29) is 11.9 Å². The first-order valence-electron chi connectivity index (χ1n) is 6.65. The molecular weight excluding hydrogens is 278 g/mol. The van der Waals surface area contributed by atoms with Gasteiger partial charge in [0.25, 0.3) is 0 Å². The van der Waals surface area contributed by atoms with Crippen molar-refractivity contribution in [3.63, 3.8) is 0 Å². The van der Waals surface area contributed by atoms with Gasteiger partial charge in [0, 0.05) is 31.7 Å². The predicted molar refractivity (Wildman–Crippen MR) is 76.4 cm³/mol. The minimum absolute atomic E-state index is 0.00491. The Kier molecular flexibility index (Phi) is 5.17. The van der Waals surface area contributed by atoms with Crippen LogP contribution in [0.25, 0.3) is 0 Å². The standard InChI is InChI=1S/C13H18ClN5O/c1-2-12(19-8-4-6-16-19)13(20)15-5-3-7-18-10-11(14)9-17-18/h4,6,8-10,12H,2-3,5,7H2,1H3,(H,15,20). The van der Waals surface area contributed by atoms with Gasteiger partial charge in [-0.2, -0.15) is 10.2 Å². The van der Waals surface area contributed by atoms with E-state index in [1.807, 2.05) is 13.0 Å². The number of aromatic nitrogens is 4. The SMILES string of the molecule is CCC(C(=O)NCCCn1cc(Cl)cn1)n1cccn1. The highest BCUT2D eigenvalue weighted by Gasteiger charge is 2.17. The second kappa shape index (κ2) is 7.09. The normalized spacial score (nSPS) is 12.3. The van der Waals surface area contributed by atoms with Crippen LogP contribution in [0.5, 0.6) is 0 Å². The number of aryl methyl sites for hydroxylation is 1. The molecule has 0 radical (unpaired) electrons. The first kappa shape index (κ1) is 14.6. The fraction of sp³-hybridized carbons (Fsp3) is 0.462. The lowest BCUT2D eigenvalue weighted by Gasteiger charge is -2.15. The van der Waals surface area contributed by atoms with Crippen LogP contribution in [0.1, 0.15) is 25.8 Å². The molecule has 1 unspecified atom stereocenters. The molecule has 7 heteroatoms. The molecule has 0 aliphatic rings. The number of carbonyl (C=O) groups excluding carboxylic acids is 1. The van der Waals surface area contributed by atoms with Crippen LogP contribution in [0.3, 0.4) is 0 Å². The van der Waals surface area contributed by atoms with Gasteiger partial charge in [-0.15, -0.1) is 0 Å². The highest BCUT2D eigenvalue weighted by atomic mass is 35.5. The molecule has 0 saturated carbocycles. The Hall–Kier alpha value is -1.82. The van der Waals surface area contributed by atoms with Crippen molar-refractivity contribution in [2.75, 3.05) is 6.54 Å². The molecule has 0 aromatic carbocycles. The third-order valence-electron chi connectivity index (χ3n) is 3.00. The van der Waals surface area contributed by atoms with Crippen LogP contribution in [0.15, 0.2) is 30.9 Å². The Labute approximate surface area is 122 Å². The molecule has 1 amide bonds. The van der Waals surface area contributed by atoms with Crippen LogP contribution in [0.2, 0.25) is 5.02 Å². The summed E-state index contributed by atoms with van der Waals surface area (Å²) in [5.41, 5.74) is 0. The lowest BCUT2D eigenvalue weighted by molar-refractivity contribution is -0.124. The monoisotopic (exact) mass is 295 g/mol. The summed E-state index contributed by atoms with van der Waals surface area (Å²) in [4.78, 5) is 12.1. The summed E-state index contributed by atoms with van der Waals surface area (Å²) >= 11 is 5.78. The third kappa shape index (κ3) is 3.84. The van der Waals surface area contributed by atoms with E-state index in [0.717, 1.165) is 13.0 Å². The van der Waals surface area contributed by atoms with Crippen LogP contribution in [0.4, 0.5) is 0 Å². The number of hydrogen-bond acceptors (Lipinski definition) is 3. The van der Waals surface area contributed by atoms with Gasteiger partial charge in [-0.05, 0) is 18.9 Å². The molecule has 1 atom stereocenters. The molecule has 6 nitrogen and oxygen atoms in total. The largest absolute Gasteiger partial charge is 0.354 e. The van der Waals surface area contributed by atoms with Gasteiger partial charge in [-0.3, -0.25) is 14.2 Å². The lowest BCUT2D eigenvalue weighted by atomic mass is 10.2. The zero-order chi connectivity index (χ0) is 14.4. The van der Waals surface area contributed by atoms with E-state index in [1.54, 1.807) is 34.2 Å². The van der Waals surface area contributed by atoms with Crippen LogP contribution in [0, 0.1) is 0 Å². The Morgan fingerprint density at radius 1 is 1.50 bits per heavy atom. The molecule has 2 aromatic heterocycles. The van der Waals surface area contributed by atoms with E-state index in [9.17, 15) is 4.79 Å². The van der Waals surface area contributed by atoms with E-state index in [1.165, 1.54) is 0 Å². The maximum Gasteiger partial charge on any atom is 0.244 e. The van der Waals surface area contributed by atoms with E-state index in [0.29, 0.717) is 18.0 Å². The summed E-state index contributed by atoms with van der Waals surface area (Å²) < 4.78 is 3.45. The molecular formula is C13H18ClN5O. The van der Waals surface area contributed by atoms with Crippen LogP contribution < -0.4 is 5.32 Å². The maximum atomic E-state index is 12.1. The van der Waals surface area contributed by atoms with Crippen molar-refractivity contribution < 1.29 is 4.79 Å². The van der Waals surface area contributed by atoms with Crippen LogP contribution >= 0.6 is 11.6 Å². The molecule has 20 heavy (non-hydrogen) atoms. The number of nitrogens with one attached hydrogen (secondary N) is 1. The molecule has 0 aliphatic heterocycles. The zero-order valence-electron chi connectivity index (χ0n) is 11.4. The fourth-order valence-corrected chi connectivity index (χ4v) is 2.14. The van der Waals surface area contributed by atoms with E-state index in [4.69, 9.17) is 11.6 Å². The van der Waals surface area contributed by atoms with Crippen molar-refractivity contribution in [2.45, 2.75) is 32.4 Å². The summed E-state index contributed by atoms with van der Waals surface area (Å²) in [5, 5.41) is 11.7. The summed E-state index contributed by atoms with van der Waals surface area (Å²) in [6.45, 7) is 3.30. The molecule has 0 spiro atoms. The van der Waals surface area contributed by atoms with Crippen molar-refractivity contribution in [2.24, 2.45) is 0 Å². The van der Waals surface area contributed by atoms with E-state index in [2.05, 4.69) is 15.5 Å². The number of carbonyl (C=O) groups is 1. The molecule has 108 valence electrons. The van der Waals surface area contributed by atoms with Crippen molar-refractivity contribution in [1.82, 2.24) is 24.9 Å². The van der Waals surface area contributed by atoms with Gasteiger partial charge in [-0.1, -0.05) is 18.5 Å². The van der Waals surface area contributed by atoms with E-state index >= 15 is 0 Å². The average molecular weight is 296 g/mol. The minimum Gasteiger partial charge on any atom is -0.354 e. The second-order valence-electron chi connectivity index (χ2n) is 4.48. The fourth-order valence-electron chi connectivity index (χ4n) is 1.99.